The third-order valence-electron chi connectivity index (χ3n) is 10.7. The Kier molecular flexibility index (Phi) is 12.0. The van der Waals surface area contributed by atoms with E-state index in [0.29, 0.717) is 0 Å². The first kappa shape index (κ1) is 39.8. The lowest BCUT2D eigenvalue weighted by molar-refractivity contribution is -0.940. The highest BCUT2D eigenvalue weighted by molar-refractivity contribution is 8.03. The summed E-state index contributed by atoms with van der Waals surface area (Å²) in [5, 5.41) is 3.78. The molecule has 4 heterocycles. The summed E-state index contributed by atoms with van der Waals surface area (Å²) in [6.07, 6.45) is 17.5. The van der Waals surface area contributed by atoms with E-state index in [1.807, 2.05) is 0 Å². The van der Waals surface area contributed by atoms with Crippen LogP contribution < -0.4 is 53.8 Å². The van der Waals surface area contributed by atoms with Crippen molar-refractivity contribution in [2.45, 2.75) is 6.17 Å². The van der Waals surface area contributed by atoms with Crippen LogP contribution in [0.15, 0.2) is 189 Å². The second-order valence-electron chi connectivity index (χ2n) is 15.3. The summed E-state index contributed by atoms with van der Waals surface area (Å²) in [5.74, 6) is 0. The van der Waals surface area contributed by atoms with Crippen molar-refractivity contribution in [3.05, 3.63) is 189 Å². The maximum Gasteiger partial charge on any atom is 0.449 e. The molecule has 292 valence electrons. The normalized spacial score (nSPS) is 11.9. The fraction of sp³-hybridized carbons (Fsp3) is 0.184. The third-order valence-corrected chi connectivity index (χ3v) is 15.0. The Labute approximate surface area is 345 Å². The lowest BCUT2D eigenvalue weighted by Gasteiger charge is -2.25. The van der Waals surface area contributed by atoms with Crippen molar-refractivity contribution in [3.8, 4) is 0 Å². The number of nitrogens with zero attached hydrogens (tertiary/aromatic N) is 8. The molecule has 0 unspecified atom stereocenters. The molecule has 3 aromatic carbocycles. The molecule has 4 aromatic heterocycles. The molecular formula is C49H56N8P+5. The Balaban J connectivity index is 1.75. The minimum atomic E-state index is -2.77. The van der Waals surface area contributed by atoms with Gasteiger partial charge in [0.1, 0.15) is 15.9 Å². The molecule has 0 fully saturated rings. The van der Waals surface area contributed by atoms with Gasteiger partial charge in [-0.1, -0.05) is 54.6 Å². The van der Waals surface area contributed by atoms with Gasteiger partial charge in [-0.25, -0.2) is 0 Å². The average molecular weight is 788 g/mol. The Hall–Kier alpha value is -6.37. The fourth-order valence-corrected chi connectivity index (χ4v) is 12.1. The topological polar surface area (TPSA) is 28.5 Å². The van der Waals surface area contributed by atoms with Crippen molar-refractivity contribution in [2.24, 2.45) is 0 Å². The number of aromatic nitrogens is 4. The van der Waals surface area contributed by atoms with Crippen molar-refractivity contribution >= 4 is 57.1 Å². The Morgan fingerprint density at radius 2 is 0.638 bits per heavy atom. The zero-order chi connectivity index (χ0) is 40.8. The van der Waals surface area contributed by atoms with Crippen LogP contribution >= 0.6 is 7.26 Å². The number of rotatable bonds is 13. The lowest BCUT2D eigenvalue weighted by atomic mass is 10.2. The molecular weight excluding hydrogens is 732 g/mol. The molecule has 0 amide bonds. The van der Waals surface area contributed by atoms with Crippen LogP contribution in [0.2, 0.25) is 0 Å². The molecule has 7 aromatic rings. The van der Waals surface area contributed by atoms with Gasteiger partial charge in [0.05, 0.1) is 0 Å². The zero-order valence-corrected chi connectivity index (χ0v) is 35.9. The van der Waals surface area contributed by atoms with E-state index in [9.17, 15) is 0 Å². The van der Waals surface area contributed by atoms with Crippen LogP contribution in [0.25, 0.3) is 11.1 Å². The molecule has 7 rings (SSSR count). The highest BCUT2D eigenvalue weighted by Gasteiger charge is 2.64. The van der Waals surface area contributed by atoms with Gasteiger partial charge in [0.2, 0.25) is 7.26 Å². The quantitative estimate of drug-likeness (QED) is 0.112. The van der Waals surface area contributed by atoms with Gasteiger partial charge in [0, 0.05) is 128 Å². The van der Waals surface area contributed by atoms with Crippen LogP contribution in [0.1, 0.15) is 6.17 Å². The molecule has 0 bridgehead atoms. The van der Waals surface area contributed by atoms with Crippen molar-refractivity contribution in [2.75, 3.05) is 76.0 Å². The van der Waals surface area contributed by atoms with E-state index < -0.39 is 7.26 Å². The summed E-state index contributed by atoms with van der Waals surface area (Å²) in [6, 6.07) is 51.1. The standard InChI is InChI=1S/C49H56N8P/c1-50(2)40-24-32-54(33-25-40)47(48(55-34-26-41(27-35-55)51(3)4)56-36-28-42(29-37-56)52(5)6)49(57-38-30-43(31-39-57)53(7)8)58(44-18-12-9-13-19-44,45-20-14-10-15-21-45)46-22-16-11-17-23-46/h9-39,48H,1-8H3/q+5/b49-47+. The van der Waals surface area contributed by atoms with Crippen LogP contribution in [0.4, 0.5) is 22.7 Å². The zero-order valence-electron chi connectivity index (χ0n) is 35.0. The summed E-state index contributed by atoms with van der Waals surface area (Å²) in [6.45, 7) is 0. The minimum absolute atomic E-state index is 0.353. The summed E-state index contributed by atoms with van der Waals surface area (Å²) >= 11 is 0. The number of hydrogen-bond donors (Lipinski definition) is 0. The van der Waals surface area contributed by atoms with Crippen LogP contribution in [0.5, 0.6) is 0 Å². The number of allylic oxidation sites excluding steroid dienone is 1. The molecule has 0 spiro atoms. The van der Waals surface area contributed by atoms with E-state index >= 15 is 0 Å². The molecule has 0 saturated heterocycles. The summed E-state index contributed by atoms with van der Waals surface area (Å²) in [4.78, 5) is 8.60. The van der Waals surface area contributed by atoms with Gasteiger partial charge in [0.25, 0.3) is 0 Å². The summed E-state index contributed by atoms with van der Waals surface area (Å²) in [7, 11) is 14.0. The average Bonchev–Trinajstić information content (AvgIpc) is 3.26. The number of anilines is 4. The van der Waals surface area contributed by atoms with Crippen molar-refractivity contribution < 1.29 is 18.3 Å². The lowest BCUT2D eigenvalue weighted by Crippen LogP contribution is -2.63. The number of benzene rings is 3. The van der Waals surface area contributed by atoms with Gasteiger partial charge in [-0.2, -0.15) is 0 Å². The van der Waals surface area contributed by atoms with Crippen molar-refractivity contribution in [1.82, 2.24) is 0 Å². The molecule has 9 heteroatoms. The Morgan fingerprint density at radius 3 is 0.931 bits per heavy atom. The van der Waals surface area contributed by atoms with Crippen LogP contribution in [-0.2, 0) is 0 Å². The van der Waals surface area contributed by atoms with Crippen LogP contribution in [-0.4, -0.2) is 56.4 Å². The first-order valence-corrected chi connectivity index (χ1v) is 21.4. The maximum atomic E-state index is 2.40. The van der Waals surface area contributed by atoms with E-state index in [2.05, 4.69) is 283 Å². The molecule has 0 N–H and O–H groups in total. The number of hydrogen-bond acceptors (Lipinski definition) is 4. The molecule has 0 radical (unpaired) electrons. The van der Waals surface area contributed by atoms with Crippen LogP contribution in [0, 0.1) is 0 Å². The van der Waals surface area contributed by atoms with E-state index in [1.165, 1.54) is 21.4 Å². The molecule has 0 atom stereocenters. The second-order valence-corrected chi connectivity index (χ2v) is 18.6. The van der Waals surface area contributed by atoms with Gasteiger partial charge in [-0.3, -0.25) is 0 Å². The molecule has 0 aliphatic heterocycles. The first-order valence-electron chi connectivity index (χ1n) is 19.6. The molecule has 8 nitrogen and oxygen atoms in total. The smallest absolute Gasteiger partial charge is 0.377 e. The molecule has 58 heavy (non-hydrogen) atoms. The summed E-state index contributed by atoms with van der Waals surface area (Å²) in [5.41, 5.74) is 6.79. The predicted octanol–water partition coefficient (Wildman–Crippen LogP) is 5.63. The van der Waals surface area contributed by atoms with Crippen LogP contribution in [0.3, 0.4) is 0 Å². The van der Waals surface area contributed by atoms with Gasteiger partial charge < -0.3 is 19.6 Å². The Bertz CT molecular complexity index is 2270. The van der Waals surface area contributed by atoms with Gasteiger partial charge in [0.15, 0.2) is 49.6 Å². The SMILES string of the molecule is CN(C)c1cc[n+](/C(=C(\[n+]2ccc(N(C)C)cc2)[P+](c2ccccc2)(c2ccccc2)c2ccccc2)C([n+]2ccc(N(C)C)cc2)[n+]2ccc(N(C)C)cc2)cc1. The largest absolute Gasteiger partial charge is 0.449 e. The minimum Gasteiger partial charge on any atom is -0.377 e. The molecule has 0 aliphatic rings. The molecule has 0 saturated carbocycles. The van der Waals surface area contributed by atoms with Gasteiger partial charge >= 0.3 is 17.3 Å². The maximum absolute atomic E-state index is 2.77. The van der Waals surface area contributed by atoms with Gasteiger partial charge in [-0.15, -0.1) is 18.3 Å². The highest BCUT2D eigenvalue weighted by Crippen LogP contribution is 2.64. The van der Waals surface area contributed by atoms with E-state index in [4.69, 9.17) is 0 Å². The van der Waals surface area contributed by atoms with Crippen molar-refractivity contribution in [1.29, 1.82) is 0 Å². The second kappa shape index (κ2) is 17.4. The highest BCUT2D eigenvalue weighted by atomic mass is 31.2. The van der Waals surface area contributed by atoms with E-state index in [1.54, 1.807) is 0 Å². The monoisotopic (exact) mass is 787 g/mol. The van der Waals surface area contributed by atoms with Gasteiger partial charge in [-0.05, 0) is 36.4 Å². The first-order chi connectivity index (χ1) is 28.1. The summed E-state index contributed by atoms with van der Waals surface area (Å²) < 4.78 is 9.43. The Morgan fingerprint density at radius 1 is 0.362 bits per heavy atom. The predicted molar refractivity (Wildman–Crippen MR) is 243 cm³/mol. The molecule has 0 aliphatic carbocycles. The van der Waals surface area contributed by atoms with Crippen molar-refractivity contribution in [3.63, 3.8) is 0 Å². The van der Waals surface area contributed by atoms with E-state index in [0.717, 1.165) is 28.4 Å². The number of pyridine rings is 4. The fourth-order valence-electron chi connectivity index (χ4n) is 7.56. The third kappa shape index (κ3) is 7.93. The van der Waals surface area contributed by atoms with E-state index in [-0.39, 0.29) is 6.17 Å².